The van der Waals surface area contributed by atoms with Crippen LogP contribution in [0.25, 0.3) is 0 Å². The lowest BCUT2D eigenvalue weighted by atomic mass is 9.98. The van der Waals surface area contributed by atoms with Crippen LogP contribution in [0.4, 0.5) is 13.2 Å². The molecule has 0 spiro atoms. The summed E-state index contributed by atoms with van der Waals surface area (Å²) in [7, 11) is 0. The topological polar surface area (TPSA) is 12.0 Å². The maximum Gasteiger partial charge on any atom is 0.160 e. The smallest absolute Gasteiger partial charge is 0.160 e. The van der Waals surface area contributed by atoms with E-state index < -0.39 is 17.7 Å². The fraction of sp³-hybridized carbons (Fsp3) is 0.200. The SMILES string of the molecule is CCNC(c1ccc(F)cc1)c1cc(F)c(F)cc1Cl. The Morgan fingerprint density at radius 2 is 1.65 bits per heavy atom. The lowest BCUT2D eigenvalue weighted by molar-refractivity contribution is 0.504. The van der Waals surface area contributed by atoms with Gasteiger partial charge in [0.1, 0.15) is 5.82 Å². The number of hydrogen-bond acceptors (Lipinski definition) is 1. The summed E-state index contributed by atoms with van der Waals surface area (Å²) in [6, 6.07) is 7.37. The summed E-state index contributed by atoms with van der Waals surface area (Å²) in [4.78, 5) is 0. The summed E-state index contributed by atoms with van der Waals surface area (Å²) < 4.78 is 39.5. The van der Waals surface area contributed by atoms with Crippen LogP contribution in [0.15, 0.2) is 36.4 Å². The second kappa shape index (κ2) is 6.29. The maximum atomic E-state index is 13.4. The van der Waals surface area contributed by atoms with E-state index >= 15 is 0 Å². The molecule has 0 amide bonds. The van der Waals surface area contributed by atoms with Gasteiger partial charge in [-0.3, -0.25) is 0 Å². The minimum Gasteiger partial charge on any atom is -0.306 e. The lowest BCUT2D eigenvalue weighted by Crippen LogP contribution is -2.22. The summed E-state index contributed by atoms with van der Waals surface area (Å²) in [5.74, 6) is -2.32. The highest BCUT2D eigenvalue weighted by Crippen LogP contribution is 2.30. The van der Waals surface area contributed by atoms with Gasteiger partial charge in [-0.25, -0.2) is 13.2 Å². The highest BCUT2D eigenvalue weighted by atomic mass is 35.5. The third-order valence-corrected chi connectivity index (χ3v) is 3.29. The van der Waals surface area contributed by atoms with Crippen molar-refractivity contribution in [3.05, 3.63) is 70.0 Å². The third kappa shape index (κ3) is 3.14. The molecule has 0 bridgehead atoms. The zero-order chi connectivity index (χ0) is 14.7. The Balaban J connectivity index is 2.48. The molecule has 2 aromatic carbocycles. The Labute approximate surface area is 120 Å². The molecule has 0 saturated heterocycles. The molecule has 0 aliphatic rings. The molecule has 1 nitrogen and oxygen atoms in total. The minimum atomic E-state index is -0.992. The van der Waals surface area contributed by atoms with Gasteiger partial charge in [0.2, 0.25) is 0 Å². The van der Waals surface area contributed by atoms with Gasteiger partial charge in [0.05, 0.1) is 6.04 Å². The fourth-order valence-electron chi connectivity index (χ4n) is 2.03. The van der Waals surface area contributed by atoms with Crippen LogP contribution < -0.4 is 5.32 Å². The van der Waals surface area contributed by atoms with E-state index in [4.69, 9.17) is 11.6 Å². The van der Waals surface area contributed by atoms with Crippen LogP contribution >= 0.6 is 11.6 Å². The normalized spacial score (nSPS) is 12.4. The summed E-state index contributed by atoms with van der Waals surface area (Å²) >= 11 is 5.99. The minimum absolute atomic E-state index is 0.124. The van der Waals surface area contributed by atoms with E-state index in [9.17, 15) is 13.2 Å². The summed E-state index contributed by atoms with van der Waals surface area (Å²) in [6.45, 7) is 2.47. The largest absolute Gasteiger partial charge is 0.306 e. The molecular formula is C15H13ClF3N. The predicted molar refractivity (Wildman–Crippen MR) is 73.3 cm³/mol. The Morgan fingerprint density at radius 1 is 1.05 bits per heavy atom. The summed E-state index contributed by atoms with van der Waals surface area (Å²) in [5, 5.41) is 3.25. The quantitative estimate of drug-likeness (QED) is 0.822. The number of rotatable bonds is 4. The first-order valence-corrected chi connectivity index (χ1v) is 6.54. The lowest BCUT2D eigenvalue weighted by Gasteiger charge is -2.20. The highest BCUT2D eigenvalue weighted by Gasteiger charge is 2.19. The molecule has 1 unspecified atom stereocenters. The molecule has 1 N–H and O–H groups in total. The van der Waals surface area contributed by atoms with Gasteiger partial charge < -0.3 is 5.32 Å². The van der Waals surface area contributed by atoms with Crippen molar-refractivity contribution < 1.29 is 13.2 Å². The summed E-state index contributed by atoms with van der Waals surface area (Å²) in [5.41, 5.74) is 1.14. The first kappa shape index (κ1) is 14.9. The van der Waals surface area contributed by atoms with Gasteiger partial charge in [-0.1, -0.05) is 30.7 Å². The van der Waals surface area contributed by atoms with Gasteiger partial charge in [0, 0.05) is 5.02 Å². The zero-order valence-electron chi connectivity index (χ0n) is 10.8. The molecule has 2 aromatic rings. The molecule has 0 aromatic heterocycles. The molecule has 5 heteroatoms. The van der Waals surface area contributed by atoms with Gasteiger partial charge in [0.15, 0.2) is 11.6 Å². The second-order valence-electron chi connectivity index (χ2n) is 4.33. The van der Waals surface area contributed by atoms with Crippen LogP contribution in [0.3, 0.4) is 0 Å². The zero-order valence-corrected chi connectivity index (χ0v) is 11.5. The average Bonchev–Trinajstić information content (AvgIpc) is 2.42. The molecule has 0 fully saturated rings. The molecule has 106 valence electrons. The van der Waals surface area contributed by atoms with Gasteiger partial charge in [0.25, 0.3) is 0 Å². The predicted octanol–water partition coefficient (Wildman–Crippen LogP) is 4.46. The van der Waals surface area contributed by atoms with E-state index in [1.165, 1.54) is 12.1 Å². The van der Waals surface area contributed by atoms with Crippen molar-refractivity contribution in [2.75, 3.05) is 6.54 Å². The summed E-state index contributed by atoms with van der Waals surface area (Å²) in [6.07, 6.45) is 0. The standard InChI is InChI=1S/C15H13ClF3N/c1-2-20-15(9-3-5-10(17)6-4-9)11-7-13(18)14(19)8-12(11)16/h3-8,15,20H,2H2,1H3. The Hall–Kier alpha value is -1.52. The van der Waals surface area contributed by atoms with Crippen LogP contribution in [0.5, 0.6) is 0 Å². The van der Waals surface area contributed by atoms with Crippen molar-refractivity contribution in [2.45, 2.75) is 13.0 Å². The Bertz CT molecular complexity index is 599. The first-order valence-electron chi connectivity index (χ1n) is 6.16. The van der Waals surface area contributed by atoms with Crippen LogP contribution in [0.2, 0.25) is 5.02 Å². The molecule has 0 saturated carbocycles. The molecule has 0 aliphatic carbocycles. The van der Waals surface area contributed by atoms with Crippen molar-refractivity contribution in [3.63, 3.8) is 0 Å². The van der Waals surface area contributed by atoms with Crippen molar-refractivity contribution in [1.29, 1.82) is 0 Å². The van der Waals surface area contributed by atoms with Gasteiger partial charge >= 0.3 is 0 Å². The van der Waals surface area contributed by atoms with Crippen molar-refractivity contribution in [3.8, 4) is 0 Å². The van der Waals surface area contributed by atoms with Crippen LogP contribution in [0.1, 0.15) is 24.1 Å². The molecule has 20 heavy (non-hydrogen) atoms. The van der Waals surface area contributed by atoms with E-state index in [1.54, 1.807) is 12.1 Å². The maximum absolute atomic E-state index is 13.4. The molecule has 0 radical (unpaired) electrons. The van der Waals surface area contributed by atoms with E-state index in [-0.39, 0.29) is 10.8 Å². The van der Waals surface area contributed by atoms with Crippen LogP contribution in [0, 0.1) is 17.5 Å². The Kier molecular flexibility index (Phi) is 4.68. The molecular weight excluding hydrogens is 287 g/mol. The Morgan fingerprint density at radius 3 is 2.25 bits per heavy atom. The highest BCUT2D eigenvalue weighted by molar-refractivity contribution is 6.31. The van der Waals surface area contributed by atoms with Crippen molar-refractivity contribution in [2.24, 2.45) is 0 Å². The van der Waals surface area contributed by atoms with Gasteiger partial charge in [-0.05, 0) is 41.9 Å². The molecule has 2 rings (SSSR count). The van der Waals surface area contributed by atoms with Crippen molar-refractivity contribution in [1.82, 2.24) is 5.32 Å². The monoisotopic (exact) mass is 299 g/mol. The number of hydrogen-bond donors (Lipinski definition) is 1. The van der Waals surface area contributed by atoms with Crippen LogP contribution in [-0.4, -0.2) is 6.54 Å². The van der Waals surface area contributed by atoms with E-state index in [0.717, 1.165) is 17.7 Å². The van der Waals surface area contributed by atoms with Gasteiger partial charge in [-0.2, -0.15) is 0 Å². The van der Waals surface area contributed by atoms with E-state index in [0.29, 0.717) is 12.1 Å². The van der Waals surface area contributed by atoms with Gasteiger partial charge in [-0.15, -0.1) is 0 Å². The number of nitrogens with one attached hydrogen (secondary N) is 1. The molecule has 0 heterocycles. The second-order valence-corrected chi connectivity index (χ2v) is 4.74. The average molecular weight is 300 g/mol. The first-order chi connectivity index (χ1) is 9.52. The molecule has 0 aliphatic heterocycles. The number of halogens is 4. The molecule has 1 atom stereocenters. The number of benzene rings is 2. The third-order valence-electron chi connectivity index (χ3n) is 2.96. The van der Waals surface area contributed by atoms with Crippen molar-refractivity contribution >= 4 is 11.6 Å². The van der Waals surface area contributed by atoms with Crippen LogP contribution in [-0.2, 0) is 0 Å². The van der Waals surface area contributed by atoms with E-state index in [1.807, 2.05) is 6.92 Å². The fourth-order valence-corrected chi connectivity index (χ4v) is 2.29. The van der Waals surface area contributed by atoms with E-state index in [2.05, 4.69) is 5.32 Å².